The van der Waals surface area contributed by atoms with Crippen molar-refractivity contribution in [3.05, 3.63) is 71.8 Å². The Morgan fingerprint density at radius 3 is 2.17 bits per heavy atom. The summed E-state index contributed by atoms with van der Waals surface area (Å²) < 4.78 is 5.45. The zero-order valence-corrected chi connectivity index (χ0v) is 17.3. The van der Waals surface area contributed by atoms with Gasteiger partial charge in [-0.25, -0.2) is 4.79 Å². The average Bonchev–Trinajstić information content (AvgIpc) is 3.27. The number of amides is 1. The van der Waals surface area contributed by atoms with Crippen LogP contribution < -0.4 is 4.90 Å². The van der Waals surface area contributed by atoms with Gasteiger partial charge in [0, 0.05) is 5.69 Å². The fourth-order valence-electron chi connectivity index (χ4n) is 4.24. The van der Waals surface area contributed by atoms with Crippen LogP contribution in [-0.2, 0) is 9.53 Å². The third-order valence-electron chi connectivity index (χ3n) is 5.61. The van der Waals surface area contributed by atoms with Crippen molar-refractivity contribution in [2.24, 2.45) is 5.41 Å². The molecule has 4 heteroatoms. The lowest BCUT2D eigenvalue weighted by Crippen LogP contribution is -2.34. The summed E-state index contributed by atoms with van der Waals surface area (Å²) in [6, 6.07) is 17.1. The Hall–Kier alpha value is -2.88. The molecule has 0 N–H and O–H groups in total. The van der Waals surface area contributed by atoms with Crippen molar-refractivity contribution in [1.82, 2.24) is 0 Å². The van der Waals surface area contributed by atoms with Crippen LogP contribution in [0.2, 0.25) is 0 Å². The van der Waals surface area contributed by atoms with Crippen molar-refractivity contribution in [3.8, 4) is 0 Å². The Morgan fingerprint density at radius 2 is 1.59 bits per heavy atom. The van der Waals surface area contributed by atoms with Gasteiger partial charge in [0.25, 0.3) is 0 Å². The lowest BCUT2D eigenvalue weighted by molar-refractivity contribution is -0.124. The minimum atomic E-state index is -0.533. The summed E-state index contributed by atoms with van der Waals surface area (Å²) in [5.74, 6) is -0.180. The summed E-state index contributed by atoms with van der Waals surface area (Å²) in [6.07, 6.45) is 6.10. The summed E-state index contributed by atoms with van der Waals surface area (Å²) in [7, 11) is 0. The van der Waals surface area contributed by atoms with Gasteiger partial charge in [-0.15, -0.1) is 0 Å². The second-order valence-corrected chi connectivity index (χ2v) is 8.95. The number of carbonyl (C=O) groups is 2. The van der Waals surface area contributed by atoms with Crippen molar-refractivity contribution in [1.29, 1.82) is 0 Å². The minimum Gasteiger partial charge on any atom is -0.456 e. The fourth-order valence-corrected chi connectivity index (χ4v) is 4.24. The molecule has 0 unspecified atom stereocenters. The van der Waals surface area contributed by atoms with Gasteiger partial charge in [0.2, 0.25) is 5.91 Å². The highest BCUT2D eigenvalue weighted by Gasteiger charge is 2.48. The van der Waals surface area contributed by atoms with E-state index in [1.54, 1.807) is 12.1 Å². The first-order valence-electron chi connectivity index (χ1n) is 10.3. The van der Waals surface area contributed by atoms with E-state index in [1.807, 2.05) is 68.1 Å². The van der Waals surface area contributed by atoms with Gasteiger partial charge in [-0.2, -0.15) is 0 Å². The quantitative estimate of drug-likeness (QED) is 0.643. The summed E-state index contributed by atoms with van der Waals surface area (Å²) >= 11 is 0. The fraction of sp³-hybridized carbons (Fsp3) is 0.360. The van der Waals surface area contributed by atoms with Crippen molar-refractivity contribution in [3.63, 3.8) is 0 Å². The van der Waals surface area contributed by atoms with Gasteiger partial charge >= 0.3 is 5.97 Å². The predicted molar refractivity (Wildman–Crippen MR) is 114 cm³/mol. The first kappa shape index (κ1) is 19.4. The third-order valence-corrected chi connectivity index (χ3v) is 5.61. The smallest absolute Gasteiger partial charge is 0.338 e. The van der Waals surface area contributed by atoms with E-state index in [4.69, 9.17) is 4.74 Å². The Labute approximate surface area is 172 Å². The van der Waals surface area contributed by atoms with Gasteiger partial charge in [0.15, 0.2) is 0 Å². The molecule has 150 valence electrons. The Bertz CT molecular complexity index is 946. The number of ether oxygens (including phenoxy) is 1. The molecule has 4 rings (SSSR count). The number of para-hydroxylation sites is 1. The first-order chi connectivity index (χ1) is 13.8. The molecule has 0 saturated heterocycles. The summed E-state index contributed by atoms with van der Waals surface area (Å²) in [5, 5.41) is 0. The molecule has 1 fully saturated rings. The van der Waals surface area contributed by atoms with E-state index < -0.39 is 11.0 Å². The van der Waals surface area contributed by atoms with E-state index >= 15 is 0 Å². The lowest BCUT2D eigenvalue weighted by Gasteiger charge is -2.25. The van der Waals surface area contributed by atoms with Crippen LogP contribution in [0.15, 0.2) is 60.7 Å². The number of hydrogen-bond donors (Lipinski definition) is 0. The van der Waals surface area contributed by atoms with E-state index in [9.17, 15) is 9.59 Å². The molecular formula is C25H27NO3. The van der Waals surface area contributed by atoms with E-state index in [1.165, 1.54) is 0 Å². The van der Waals surface area contributed by atoms with Gasteiger partial charge in [0.1, 0.15) is 5.60 Å². The monoisotopic (exact) mass is 389 g/mol. The largest absolute Gasteiger partial charge is 0.456 e. The van der Waals surface area contributed by atoms with Gasteiger partial charge in [-0.3, -0.25) is 9.69 Å². The van der Waals surface area contributed by atoms with Gasteiger partial charge in [0.05, 0.1) is 16.7 Å². The second-order valence-electron chi connectivity index (χ2n) is 8.95. The topological polar surface area (TPSA) is 46.6 Å². The van der Waals surface area contributed by atoms with Gasteiger partial charge in [-0.05, 0) is 69.5 Å². The van der Waals surface area contributed by atoms with Gasteiger partial charge in [-0.1, -0.05) is 43.2 Å². The van der Waals surface area contributed by atoms with E-state index in [-0.39, 0.29) is 11.9 Å². The lowest BCUT2D eigenvalue weighted by atomic mass is 9.86. The molecule has 1 saturated carbocycles. The molecule has 4 nitrogen and oxygen atoms in total. The second kappa shape index (κ2) is 7.18. The van der Waals surface area contributed by atoms with Crippen LogP contribution in [0.25, 0.3) is 5.70 Å². The number of carbonyl (C=O) groups excluding carboxylic acids is 2. The van der Waals surface area contributed by atoms with Crippen LogP contribution >= 0.6 is 0 Å². The van der Waals surface area contributed by atoms with Crippen molar-refractivity contribution in [2.45, 2.75) is 52.1 Å². The summed E-state index contributed by atoms with van der Waals surface area (Å²) in [6.45, 7) is 5.56. The molecular weight excluding hydrogens is 362 g/mol. The number of anilines is 1. The molecule has 1 heterocycles. The van der Waals surface area contributed by atoms with Crippen LogP contribution in [0.4, 0.5) is 5.69 Å². The van der Waals surface area contributed by atoms with Crippen molar-refractivity contribution >= 4 is 23.3 Å². The predicted octanol–water partition coefficient (Wildman–Crippen LogP) is 5.59. The Kier molecular flexibility index (Phi) is 4.81. The van der Waals surface area contributed by atoms with Crippen molar-refractivity contribution in [2.75, 3.05) is 4.90 Å². The maximum absolute atomic E-state index is 13.4. The molecule has 0 bridgehead atoms. The average molecular weight is 389 g/mol. The van der Waals surface area contributed by atoms with Crippen LogP contribution in [0.1, 0.15) is 62.4 Å². The number of nitrogens with zero attached hydrogens (tertiary/aromatic N) is 1. The summed E-state index contributed by atoms with van der Waals surface area (Å²) in [5.41, 5.74) is 2.29. The molecule has 0 radical (unpaired) electrons. The highest BCUT2D eigenvalue weighted by molar-refractivity contribution is 6.14. The molecule has 2 aromatic rings. The molecule has 2 aromatic carbocycles. The van der Waals surface area contributed by atoms with Crippen LogP contribution in [-0.4, -0.2) is 17.5 Å². The molecule has 2 aliphatic rings. The van der Waals surface area contributed by atoms with Crippen LogP contribution in [0.5, 0.6) is 0 Å². The van der Waals surface area contributed by atoms with Crippen LogP contribution in [0.3, 0.4) is 0 Å². The molecule has 29 heavy (non-hydrogen) atoms. The molecule has 1 spiro atoms. The highest BCUT2D eigenvalue weighted by Crippen LogP contribution is 2.49. The zero-order valence-electron chi connectivity index (χ0n) is 17.3. The van der Waals surface area contributed by atoms with Crippen molar-refractivity contribution < 1.29 is 14.3 Å². The van der Waals surface area contributed by atoms with Gasteiger partial charge < -0.3 is 4.74 Å². The maximum atomic E-state index is 13.4. The number of benzene rings is 2. The number of esters is 1. The number of hydrogen-bond acceptors (Lipinski definition) is 3. The maximum Gasteiger partial charge on any atom is 0.338 e. The SMILES string of the molecule is CC(C)(C)OC(=O)c1ccc(C2=CC3(CCCC3)C(=O)N2c2ccccc2)cc1. The number of rotatable bonds is 3. The highest BCUT2D eigenvalue weighted by atomic mass is 16.6. The molecule has 1 amide bonds. The zero-order chi connectivity index (χ0) is 20.6. The molecule has 0 aromatic heterocycles. The van der Waals surface area contributed by atoms with E-state index in [2.05, 4.69) is 6.08 Å². The Morgan fingerprint density at radius 1 is 0.966 bits per heavy atom. The van der Waals surface area contributed by atoms with E-state index in [0.29, 0.717) is 5.56 Å². The van der Waals surface area contributed by atoms with E-state index in [0.717, 1.165) is 42.6 Å². The molecule has 0 atom stereocenters. The third kappa shape index (κ3) is 3.71. The first-order valence-corrected chi connectivity index (χ1v) is 10.3. The molecule has 1 aliphatic heterocycles. The summed E-state index contributed by atoms with van der Waals surface area (Å²) in [4.78, 5) is 27.6. The standard InChI is InChI=1S/C25H27NO3/c1-24(2,3)29-22(27)19-13-11-18(12-14-19)21-17-25(15-7-8-16-25)23(28)26(21)20-9-5-4-6-10-20/h4-6,9-14,17H,7-8,15-16H2,1-3H3. The normalized spacial score (nSPS) is 18.2. The van der Waals surface area contributed by atoms with Crippen LogP contribution in [0, 0.1) is 5.41 Å². The minimum absolute atomic E-state index is 0.160. The molecule has 1 aliphatic carbocycles. The Balaban J connectivity index is 1.69.